The molecule has 2 amide bonds. The minimum atomic E-state index is -0.915. The second kappa shape index (κ2) is 14.1. The van der Waals surface area contributed by atoms with Crippen LogP contribution in [0.4, 0.5) is 0 Å². The lowest BCUT2D eigenvalue weighted by atomic mass is 10.0. The zero-order chi connectivity index (χ0) is 26.8. The van der Waals surface area contributed by atoms with Gasteiger partial charge in [0.1, 0.15) is 17.7 Å². The summed E-state index contributed by atoms with van der Waals surface area (Å²) in [7, 11) is 3.14. The Morgan fingerprint density at radius 3 is 2.27 bits per heavy atom. The van der Waals surface area contributed by atoms with Crippen molar-refractivity contribution in [1.82, 2.24) is 10.2 Å². The maximum absolute atomic E-state index is 13.9. The zero-order valence-electron chi connectivity index (χ0n) is 22.3. The summed E-state index contributed by atoms with van der Waals surface area (Å²) in [5.74, 6) is 0.859. The number of hydrogen-bond donors (Lipinski definition) is 1. The van der Waals surface area contributed by atoms with Gasteiger partial charge in [0.05, 0.1) is 26.9 Å². The van der Waals surface area contributed by atoms with Crippen LogP contribution in [0.15, 0.2) is 42.5 Å². The van der Waals surface area contributed by atoms with E-state index in [1.54, 1.807) is 26.4 Å². The average molecular weight is 531 g/mol. The molecule has 1 N–H and O–H groups in total. The SMILES string of the molecule is COc1ccccc1CN(C(=O)CCl)[C@@H](C(=O)NC1CCCCCC1)c1ccc(OC(C)C)c(OC)c1. The molecule has 1 aliphatic carbocycles. The molecule has 1 aliphatic rings. The molecule has 0 aliphatic heterocycles. The van der Waals surface area contributed by atoms with E-state index in [0.717, 1.165) is 31.2 Å². The Kier molecular flexibility index (Phi) is 10.9. The van der Waals surface area contributed by atoms with E-state index in [1.165, 1.54) is 17.7 Å². The Labute approximate surface area is 225 Å². The molecule has 37 heavy (non-hydrogen) atoms. The molecule has 0 spiro atoms. The van der Waals surface area contributed by atoms with Crippen LogP contribution in [0, 0.1) is 0 Å². The number of methoxy groups -OCH3 is 2. The van der Waals surface area contributed by atoms with Crippen molar-refractivity contribution in [1.29, 1.82) is 0 Å². The lowest BCUT2D eigenvalue weighted by molar-refractivity contribution is -0.140. The first-order chi connectivity index (χ1) is 17.9. The number of nitrogens with zero attached hydrogens (tertiary/aromatic N) is 1. The summed E-state index contributed by atoms with van der Waals surface area (Å²) in [6, 6.07) is 12.0. The van der Waals surface area contributed by atoms with Crippen LogP contribution in [0.2, 0.25) is 0 Å². The summed E-state index contributed by atoms with van der Waals surface area (Å²) >= 11 is 6.08. The molecule has 3 rings (SSSR count). The second-order valence-electron chi connectivity index (χ2n) is 9.64. The molecule has 202 valence electrons. The molecule has 0 heterocycles. The molecule has 2 aromatic carbocycles. The third kappa shape index (κ3) is 7.78. The number of nitrogens with one attached hydrogen (secondary N) is 1. The van der Waals surface area contributed by atoms with E-state index in [4.69, 9.17) is 25.8 Å². The fourth-order valence-electron chi connectivity index (χ4n) is 4.80. The van der Waals surface area contributed by atoms with Crippen molar-refractivity contribution in [3.63, 3.8) is 0 Å². The number of carbonyl (C=O) groups excluding carboxylic acids is 2. The number of halogens is 1. The number of para-hydroxylation sites is 1. The number of alkyl halides is 1. The van der Waals surface area contributed by atoms with Gasteiger partial charge in [-0.05, 0) is 50.5 Å². The summed E-state index contributed by atoms with van der Waals surface area (Å²) in [6.07, 6.45) is 6.32. The predicted molar refractivity (Wildman–Crippen MR) is 145 cm³/mol. The maximum atomic E-state index is 13.9. The molecule has 8 heteroatoms. The molecule has 1 atom stereocenters. The van der Waals surface area contributed by atoms with E-state index in [2.05, 4.69) is 5.32 Å². The second-order valence-corrected chi connectivity index (χ2v) is 9.91. The van der Waals surface area contributed by atoms with Crippen molar-refractivity contribution in [3.8, 4) is 17.2 Å². The van der Waals surface area contributed by atoms with Gasteiger partial charge in [-0.1, -0.05) is 49.9 Å². The highest BCUT2D eigenvalue weighted by atomic mass is 35.5. The van der Waals surface area contributed by atoms with Gasteiger partial charge < -0.3 is 24.4 Å². The standard InChI is InChI=1S/C29H39ClN2O5/c1-20(2)37-25-16-15-21(17-26(25)36-4)28(29(34)31-23-12-7-5-6-8-13-23)32(27(33)18-30)19-22-11-9-10-14-24(22)35-3/h9-11,14-17,20,23,28H,5-8,12-13,18-19H2,1-4H3,(H,31,34)/t28-/m1/s1. The van der Waals surface area contributed by atoms with Crippen LogP contribution in [-0.2, 0) is 16.1 Å². The van der Waals surface area contributed by atoms with E-state index in [1.807, 2.05) is 44.2 Å². The number of carbonyl (C=O) groups is 2. The summed E-state index contributed by atoms with van der Waals surface area (Å²) in [5.41, 5.74) is 1.40. The topological polar surface area (TPSA) is 77.1 Å². The van der Waals surface area contributed by atoms with Crippen molar-refractivity contribution in [2.45, 2.75) is 77.1 Å². The summed E-state index contributed by atoms with van der Waals surface area (Å²) in [5, 5.41) is 3.24. The van der Waals surface area contributed by atoms with Crippen LogP contribution < -0.4 is 19.5 Å². The van der Waals surface area contributed by atoms with Crippen LogP contribution in [-0.4, -0.2) is 49.0 Å². The highest BCUT2D eigenvalue weighted by Gasteiger charge is 2.33. The van der Waals surface area contributed by atoms with Gasteiger partial charge in [-0.3, -0.25) is 9.59 Å². The fourth-order valence-corrected chi connectivity index (χ4v) is 4.95. The monoisotopic (exact) mass is 530 g/mol. The number of hydrogen-bond acceptors (Lipinski definition) is 5. The molecule has 0 saturated heterocycles. The van der Waals surface area contributed by atoms with Crippen LogP contribution in [0.1, 0.15) is 69.5 Å². The van der Waals surface area contributed by atoms with Crippen molar-refractivity contribution in [2.75, 3.05) is 20.1 Å². The highest BCUT2D eigenvalue weighted by molar-refractivity contribution is 6.27. The van der Waals surface area contributed by atoms with Gasteiger partial charge in [-0.2, -0.15) is 0 Å². The molecule has 0 unspecified atom stereocenters. The lowest BCUT2D eigenvalue weighted by Gasteiger charge is -2.33. The van der Waals surface area contributed by atoms with Gasteiger partial charge >= 0.3 is 0 Å². The van der Waals surface area contributed by atoms with Gasteiger partial charge in [0.25, 0.3) is 0 Å². The summed E-state index contributed by atoms with van der Waals surface area (Å²) < 4.78 is 17.0. The first-order valence-electron chi connectivity index (χ1n) is 13.0. The van der Waals surface area contributed by atoms with E-state index in [0.29, 0.717) is 22.8 Å². The maximum Gasteiger partial charge on any atom is 0.247 e. The van der Waals surface area contributed by atoms with Crippen LogP contribution >= 0.6 is 11.6 Å². The number of rotatable bonds is 11. The fraction of sp³-hybridized carbons (Fsp3) is 0.517. The van der Waals surface area contributed by atoms with E-state index in [9.17, 15) is 9.59 Å². The first-order valence-corrected chi connectivity index (χ1v) is 13.5. The molecule has 2 aromatic rings. The first kappa shape index (κ1) is 28.6. The van der Waals surface area contributed by atoms with Crippen molar-refractivity contribution < 1.29 is 23.8 Å². The van der Waals surface area contributed by atoms with Crippen LogP contribution in [0.3, 0.4) is 0 Å². The minimum Gasteiger partial charge on any atom is -0.496 e. The Bertz CT molecular complexity index is 1040. The minimum absolute atomic E-state index is 0.0473. The molecule has 0 aromatic heterocycles. The smallest absolute Gasteiger partial charge is 0.247 e. The Hall–Kier alpha value is -2.93. The highest BCUT2D eigenvalue weighted by Crippen LogP contribution is 2.35. The molecular weight excluding hydrogens is 492 g/mol. The number of amides is 2. The molecule has 0 bridgehead atoms. The van der Waals surface area contributed by atoms with Crippen LogP contribution in [0.5, 0.6) is 17.2 Å². The van der Waals surface area contributed by atoms with E-state index >= 15 is 0 Å². The van der Waals surface area contributed by atoms with Gasteiger partial charge in [0.2, 0.25) is 11.8 Å². The molecule has 0 radical (unpaired) electrons. The van der Waals surface area contributed by atoms with E-state index < -0.39 is 6.04 Å². The lowest BCUT2D eigenvalue weighted by Crippen LogP contribution is -2.46. The Morgan fingerprint density at radius 1 is 0.973 bits per heavy atom. The largest absolute Gasteiger partial charge is 0.496 e. The molecule has 1 saturated carbocycles. The van der Waals surface area contributed by atoms with Gasteiger partial charge in [0.15, 0.2) is 11.5 Å². The summed E-state index contributed by atoms with van der Waals surface area (Å²) in [6.45, 7) is 4.03. The number of benzene rings is 2. The molecule has 1 fully saturated rings. The van der Waals surface area contributed by atoms with Crippen molar-refractivity contribution in [3.05, 3.63) is 53.6 Å². The van der Waals surface area contributed by atoms with Crippen molar-refractivity contribution in [2.24, 2.45) is 0 Å². The van der Waals surface area contributed by atoms with Gasteiger partial charge in [-0.25, -0.2) is 0 Å². The van der Waals surface area contributed by atoms with Crippen LogP contribution in [0.25, 0.3) is 0 Å². The van der Waals surface area contributed by atoms with Gasteiger partial charge in [0, 0.05) is 11.6 Å². The summed E-state index contributed by atoms with van der Waals surface area (Å²) in [4.78, 5) is 28.7. The normalized spacial score (nSPS) is 15.0. The van der Waals surface area contributed by atoms with Gasteiger partial charge in [-0.15, -0.1) is 11.6 Å². The number of ether oxygens (including phenoxy) is 3. The average Bonchev–Trinajstić information content (AvgIpc) is 3.17. The Morgan fingerprint density at radius 2 is 1.65 bits per heavy atom. The third-order valence-electron chi connectivity index (χ3n) is 6.60. The molecular formula is C29H39ClN2O5. The Balaban J connectivity index is 2.05. The zero-order valence-corrected chi connectivity index (χ0v) is 23.1. The quantitative estimate of drug-likeness (QED) is 0.300. The molecule has 7 nitrogen and oxygen atoms in total. The van der Waals surface area contributed by atoms with E-state index in [-0.39, 0.29) is 36.4 Å². The van der Waals surface area contributed by atoms with Crippen molar-refractivity contribution >= 4 is 23.4 Å². The third-order valence-corrected chi connectivity index (χ3v) is 6.82. The predicted octanol–water partition coefficient (Wildman–Crippen LogP) is 5.64.